The van der Waals surface area contributed by atoms with Crippen molar-refractivity contribution in [1.29, 1.82) is 10.5 Å². The first kappa shape index (κ1) is 20.5. The topological polar surface area (TPSA) is 98.0 Å². The van der Waals surface area contributed by atoms with Gasteiger partial charge in [-0.05, 0) is 60.9 Å². The van der Waals surface area contributed by atoms with E-state index >= 15 is 0 Å². The van der Waals surface area contributed by atoms with E-state index in [0.717, 1.165) is 53.7 Å². The maximum absolute atomic E-state index is 11.0. The number of benzene rings is 2. The summed E-state index contributed by atoms with van der Waals surface area (Å²) in [6.07, 6.45) is 5.34. The van der Waals surface area contributed by atoms with Crippen molar-refractivity contribution in [2.45, 2.75) is 37.0 Å². The van der Waals surface area contributed by atoms with E-state index in [1.807, 2.05) is 30.3 Å². The summed E-state index contributed by atoms with van der Waals surface area (Å²) in [5.41, 5.74) is 2.63. The highest BCUT2D eigenvalue weighted by atomic mass is 32.2. The Hall–Kier alpha value is -3.22. The van der Waals surface area contributed by atoms with Gasteiger partial charge in [0, 0.05) is 10.3 Å². The fraction of sp³-hybridized carbons (Fsp3) is 0.261. The van der Waals surface area contributed by atoms with Gasteiger partial charge in [0.2, 0.25) is 5.76 Å². The van der Waals surface area contributed by atoms with Crippen LogP contribution in [0.3, 0.4) is 0 Å². The number of aromatic carboxylic acids is 1. The monoisotopic (exact) mass is 404 g/mol. The van der Waals surface area contributed by atoms with Crippen LogP contribution in [0.15, 0.2) is 51.8 Å². The Morgan fingerprint density at radius 3 is 2.52 bits per heavy atom. The first-order chi connectivity index (χ1) is 14.1. The van der Waals surface area contributed by atoms with E-state index in [4.69, 9.17) is 20.0 Å². The van der Waals surface area contributed by atoms with Gasteiger partial charge in [0.05, 0.1) is 11.1 Å². The lowest BCUT2D eigenvalue weighted by Gasteiger charge is -2.04. The normalized spacial score (nSPS) is 10.6. The second-order valence-electron chi connectivity index (χ2n) is 6.73. The van der Waals surface area contributed by atoms with Gasteiger partial charge in [0.25, 0.3) is 0 Å². The van der Waals surface area contributed by atoms with Crippen LogP contribution >= 0.6 is 11.8 Å². The number of nitriles is 2. The molecule has 0 aliphatic rings. The van der Waals surface area contributed by atoms with Crippen LogP contribution in [-0.2, 0) is 6.42 Å². The quantitative estimate of drug-likeness (QED) is 0.359. The van der Waals surface area contributed by atoms with Gasteiger partial charge < -0.3 is 9.52 Å². The summed E-state index contributed by atoms with van der Waals surface area (Å²) in [5, 5.41) is 27.8. The molecule has 1 aromatic heterocycles. The van der Waals surface area contributed by atoms with Crippen LogP contribution in [0.4, 0.5) is 0 Å². The molecule has 3 rings (SSSR count). The van der Waals surface area contributed by atoms with Crippen LogP contribution in [0.2, 0.25) is 0 Å². The second kappa shape index (κ2) is 9.82. The number of rotatable bonds is 9. The van der Waals surface area contributed by atoms with Gasteiger partial charge in [0.15, 0.2) is 0 Å². The number of furan rings is 1. The minimum atomic E-state index is -1.05. The van der Waals surface area contributed by atoms with Crippen LogP contribution < -0.4 is 0 Å². The molecule has 146 valence electrons. The molecule has 0 amide bonds. The standard InChI is InChI=1S/C23H20N2O3S/c24-14-18-8-9-20(12-19(18)15-25)29-10-4-2-1-3-5-16-6-7-17-13-22(23(26)27)28-21(17)11-16/h6-9,11-13H,1-5,10H2,(H,26,27). The predicted octanol–water partition coefficient (Wildman–Crippen LogP) is 5.77. The van der Waals surface area contributed by atoms with Crippen LogP contribution in [0, 0.1) is 22.7 Å². The van der Waals surface area contributed by atoms with Gasteiger partial charge in [0.1, 0.15) is 17.7 Å². The Morgan fingerprint density at radius 1 is 0.966 bits per heavy atom. The third kappa shape index (κ3) is 5.40. The van der Waals surface area contributed by atoms with Gasteiger partial charge >= 0.3 is 5.97 Å². The van der Waals surface area contributed by atoms with E-state index in [9.17, 15) is 4.79 Å². The zero-order chi connectivity index (χ0) is 20.6. The molecule has 0 aliphatic heterocycles. The van der Waals surface area contributed by atoms with Crippen molar-refractivity contribution < 1.29 is 14.3 Å². The van der Waals surface area contributed by atoms with Crippen molar-refractivity contribution in [2.24, 2.45) is 0 Å². The fourth-order valence-corrected chi connectivity index (χ4v) is 4.06. The van der Waals surface area contributed by atoms with Crippen LogP contribution in [0.1, 0.15) is 52.9 Å². The molecule has 0 saturated heterocycles. The van der Waals surface area contributed by atoms with Crippen molar-refractivity contribution in [2.75, 3.05) is 5.75 Å². The molecule has 0 radical (unpaired) electrons. The number of hydrogen-bond acceptors (Lipinski definition) is 5. The number of carbonyl (C=O) groups is 1. The zero-order valence-electron chi connectivity index (χ0n) is 15.9. The Labute approximate surface area is 173 Å². The van der Waals surface area contributed by atoms with Crippen molar-refractivity contribution in [3.8, 4) is 12.1 Å². The number of nitrogens with zero attached hydrogens (tertiary/aromatic N) is 2. The maximum Gasteiger partial charge on any atom is 0.371 e. The van der Waals surface area contributed by atoms with E-state index in [2.05, 4.69) is 6.07 Å². The second-order valence-corrected chi connectivity index (χ2v) is 7.90. The number of aryl methyl sites for hydroxylation is 1. The summed E-state index contributed by atoms with van der Waals surface area (Å²) in [5.74, 6) is -0.100. The number of unbranched alkanes of at least 4 members (excludes halogenated alkanes) is 3. The zero-order valence-corrected chi connectivity index (χ0v) is 16.7. The summed E-state index contributed by atoms with van der Waals surface area (Å²) in [6.45, 7) is 0. The Balaban J connectivity index is 1.38. The molecular formula is C23H20N2O3S. The summed E-state index contributed by atoms with van der Waals surface area (Å²) in [4.78, 5) is 12.0. The highest BCUT2D eigenvalue weighted by Crippen LogP contribution is 2.24. The first-order valence-corrected chi connectivity index (χ1v) is 10.4. The van der Waals surface area contributed by atoms with Crippen molar-refractivity contribution in [1.82, 2.24) is 0 Å². The summed E-state index contributed by atoms with van der Waals surface area (Å²) >= 11 is 1.71. The molecule has 0 unspecified atom stereocenters. The number of carboxylic acids is 1. The lowest BCUT2D eigenvalue weighted by Crippen LogP contribution is -1.91. The molecule has 0 atom stereocenters. The smallest absolute Gasteiger partial charge is 0.371 e. The molecular weight excluding hydrogens is 384 g/mol. The average molecular weight is 404 g/mol. The van der Waals surface area contributed by atoms with Gasteiger partial charge in [-0.25, -0.2) is 4.79 Å². The summed E-state index contributed by atoms with van der Waals surface area (Å²) in [6, 6.07) is 16.9. The number of fused-ring (bicyclic) bond motifs is 1. The molecule has 29 heavy (non-hydrogen) atoms. The van der Waals surface area contributed by atoms with E-state index in [1.54, 1.807) is 30.0 Å². The fourth-order valence-electron chi connectivity index (χ4n) is 3.11. The van der Waals surface area contributed by atoms with Crippen molar-refractivity contribution in [3.05, 3.63) is 64.9 Å². The average Bonchev–Trinajstić information content (AvgIpc) is 3.16. The maximum atomic E-state index is 11.0. The number of carboxylic acid groups (broad SMARTS) is 1. The third-order valence-corrected chi connectivity index (χ3v) is 5.74. The van der Waals surface area contributed by atoms with Crippen LogP contribution in [-0.4, -0.2) is 16.8 Å². The largest absolute Gasteiger partial charge is 0.475 e. The van der Waals surface area contributed by atoms with Gasteiger partial charge in [-0.3, -0.25) is 0 Å². The highest BCUT2D eigenvalue weighted by Gasteiger charge is 2.10. The molecule has 0 bridgehead atoms. The Bertz CT molecular complexity index is 1110. The number of hydrogen-bond donors (Lipinski definition) is 1. The Kier molecular flexibility index (Phi) is 6.94. The number of thioether (sulfide) groups is 1. The third-order valence-electron chi connectivity index (χ3n) is 4.66. The minimum absolute atomic E-state index is 0.0289. The molecule has 6 heteroatoms. The lowest BCUT2D eigenvalue weighted by atomic mass is 10.1. The molecule has 3 aromatic rings. The van der Waals surface area contributed by atoms with E-state index in [1.165, 1.54) is 0 Å². The molecule has 1 N–H and O–H groups in total. The van der Waals surface area contributed by atoms with Gasteiger partial charge in [-0.15, -0.1) is 11.8 Å². The molecule has 5 nitrogen and oxygen atoms in total. The van der Waals surface area contributed by atoms with Crippen LogP contribution in [0.5, 0.6) is 0 Å². The van der Waals surface area contributed by atoms with E-state index < -0.39 is 5.97 Å². The predicted molar refractivity (Wildman–Crippen MR) is 112 cm³/mol. The molecule has 2 aromatic carbocycles. The van der Waals surface area contributed by atoms with E-state index in [-0.39, 0.29) is 5.76 Å². The van der Waals surface area contributed by atoms with Crippen molar-refractivity contribution in [3.63, 3.8) is 0 Å². The van der Waals surface area contributed by atoms with Gasteiger partial charge in [-0.1, -0.05) is 25.0 Å². The first-order valence-electron chi connectivity index (χ1n) is 9.43. The molecule has 0 fully saturated rings. The minimum Gasteiger partial charge on any atom is -0.475 e. The molecule has 1 heterocycles. The Morgan fingerprint density at radius 2 is 1.76 bits per heavy atom. The lowest BCUT2D eigenvalue weighted by molar-refractivity contribution is 0.0665. The SMILES string of the molecule is N#Cc1ccc(SCCCCCCc2ccc3cc(C(=O)O)oc3c2)cc1C#N. The highest BCUT2D eigenvalue weighted by molar-refractivity contribution is 7.99. The molecule has 0 spiro atoms. The summed E-state index contributed by atoms with van der Waals surface area (Å²) in [7, 11) is 0. The van der Waals surface area contributed by atoms with Crippen molar-refractivity contribution >= 4 is 28.7 Å². The molecule has 0 aliphatic carbocycles. The van der Waals surface area contributed by atoms with Gasteiger partial charge in [-0.2, -0.15) is 10.5 Å². The summed E-state index contributed by atoms with van der Waals surface area (Å²) < 4.78 is 5.36. The van der Waals surface area contributed by atoms with Crippen LogP contribution in [0.25, 0.3) is 11.0 Å². The molecule has 0 saturated carbocycles. The van der Waals surface area contributed by atoms with E-state index in [0.29, 0.717) is 16.7 Å².